The van der Waals surface area contributed by atoms with Crippen molar-refractivity contribution < 1.29 is 9.84 Å². The Balaban J connectivity index is 2.57. The molecule has 0 bridgehead atoms. The van der Waals surface area contributed by atoms with E-state index in [-0.39, 0.29) is 29.1 Å². The first-order chi connectivity index (χ1) is 6.59. The lowest BCUT2D eigenvalue weighted by Gasteiger charge is -2.28. The van der Waals surface area contributed by atoms with Crippen LogP contribution in [0.15, 0.2) is 0 Å². The molecule has 90 valence electrons. The molecule has 0 aromatic heterocycles. The summed E-state index contributed by atoms with van der Waals surface area (Å²) in [6.07, 6.45) is 1.65. The van der Waals surface area contributed by atoms with Crippen LogP contribution in [-0.4, -0.2) is 23.4 Å². The van der Waals surface area contributed by atoms with Gasteiger partial charge in [0, 0.05) is 6.42 Å². The van der Waals surface area contributed by atoms with Crippen LogP contribution in [0.3, 0.4) is 0 Å². The van der Waals surface area contributed by atoms with E-state index in [4.69, 9.17) is 4.74 Å². The minimum absolute atomic E-state index is 0.0224. The highest BCUT2D eigenvalue weighted by Crippen LogP contribution is 2.37. The summed E-state index contributed by atoms with van der Waals surface area (Å²) in [6, 6.07) is 0. The van der Waals surface area contributed by atoms with Crippen LogP contribution in [-0.2, 0) is 4.74 Å². The van der Waals surface area contributed by atoms with E-state index in [2.05, 4.69) is 41.5 Å². The fraction of sp³-hybridized carbons (Fsp3) is 1.00. The Morgan fingerprint density at radius 3 is 2.00 bits per heavy atom. The third kappa shape index (κ3) is 3.76. The summed E-state index contributed by atoms with van der Waals surface area (Å²) >= 11 is 0. The molecule has 1 aliphatic heterocycles. The lowest BCUT2D eigenvalue weighted by molar-refractivity contribution is -0.0460. The SMILES string of the molecule is CC(C)(C)CC1OC(C(C)(C)C)CC1O. The molecule has 0 amide bonds. The van der Waals surface area contributed by atoms with Crippen molar-refractivity contribution in [2.24, 2.45) is 10.8 Å². The van der Waals surface area contributed by atoms with Gasteiger partial charge in [-0.3, -0.25) is 0 Å². The topological polar surface area (TPSA) is 29.5 Å². The normalized spacial score (nSPS) is 33.4. The molecule has 2 nitrogen and oxygen atoms in total. The lowest BCUT2D eigenvalue weighted by Crippen LogP contribution is -2.28. The minimum Gasteiger partial charge on any atom is -0.390 e. The highest BCUT2D eigenvalue weighted by Gasteiger charge is 2.41. The van der Waals surface area contributed by atoms with E-state index in [0.717, 1.165) is 12.8 Å². The molecule has 3 atom stereocenters. The van der Waals surface area contributed by atoms with Crippen LogP contribution in [0.25, 0.3) is 0 Å². The Morgan fingerprint density at radius 1 is 1.13 bits per heavy atom. The molecule has 2 heteroatoms. The average Bonchev–Trinajstić information content (AvgIpc) is 2.27. The molecule has 0 spiro atoms. The van der Waals surface area contributed by atoms with Gasteiger partial charge in [0.05, 0.1) is 18.3 Å². The fourth-order valence-electron chi connectivity index (χ4n) is 2.07. The lowest BCUT2D eigenvalue weighted by atomic mass is 9.85. The number of hydrogen-bond acceptors (Lipinski definition) is 2. The molecule has 0 aromatic carbocycles. The molecule has 0 aliphatic carbocycles. The molecule has 1 aliphatic rings. The molecule has 0 radical (unpaired) electrons. The fourth-order valence-corrected chi connectivity index (χ4v) is 2.07. The van der Waals surface area contributed by atoms with Gasteiger partial charge in [0.1, 0.15) is 0 Å². The van der Waals surface area contributed by atoms with Crippen molar-refractivity contribution in [1.29, 1.82) is 0 Å². The second kappa shape index (κ2) is 4.06. The standard InChI is InChI=1S/C13H26O2/c1-12(2,3)8-10-9(14)7-11(15-10)13(4,5)6/h9-11,14H,7-8H2,1-6H3. The van der Waals surface area contributed by atoms with Gasteiger partial charge in [0.2, 0.25) is 0 Å². The molecule has 1 N–H and O–H groups in total. The largest absolute Gasteiger partial charge is 0.390 e. The zero-order valence-corrected chi connectivity index (χ0v) is 11.0. The summed E-state index contributed by atoms with van der Waals surface area (Å²) in [4.78, 5) is 0. The van der Waals surface area contributed by atoms with Gasteiger partial charge in [-0.1, -0.05) is 41.5 Å². The van der Waals surface area contributed by atoms with Crippen LogP contribution in [0, 0.1) is 10.8 Å². The number of hydrogen-bond donors (Lipinski definition) is 1. The van der Waals surface area contributed by atoms with Gasteiger partial charge in [0.25, 0.3) is 0 Å². The van der Waals surface area contributed by atoms with E-state index in [9.17, 15) is 5.11 Å². The van der Waals surface area contributed by atoms with Gasteiger partial charge in [-0.15, -0.1) is 0 Å². The average molecular weight is 214 g/mol. The highest BCUT2D eigenvalue weighted by molar-refractivity contribution is 4.89. The third-order valence-corrected chi connectivity index (χ3v) is 3.00. The molecule has 0 aromatic rings. The maximum absolute atomic E-state index is 9.96. The van der Waals surface area contributed by atoms with Crippen molar-refractivity contribution in [1.82, 2.24) is 0 Å². The molecule has 1 rings (SSSR count). The zero-order valence-electron chi connectivity index (χ0n) is 11.0. The van der Waals surface area contributed by atoms with Crippen LogP contribution in [0.4, 0.5) is 0 Å². The van der Waals surface area contributed by atoms with Crippen LogP contribution >= 0.6 is 0 Å². The molecule has 3 unspecified atom stereocenters. The Morgan fingerprint density at radius 2 is 1.67 bits per heavy atom. The van der Waals surface area contributed by atoms with Crippen molar-refractivity contribution in [3.8, 4) is 0 Å². The quantitative estimate of drug-likeness (QED) is 0.727. The first-order valence-corrected chi connectivity index (χ1v) is 5.93. The third-order valence-electron chi connectivity index (χ3n) is 3.00. The number of aliphatic hydroxyl groups is 1. The first-order valence-electron chi connectivity index (χ1n) is 5.93. The Labute approximate surface area is 94.0 Å². The van der Waals surface area contributed by atoms with Gasteiger partial charge < -0.3 is 9.84 Å². The monoisotopic (exact) mass is 214 g/mol. The van der Waals surface area contributed by atoms with E-state index in [0.29, 0.717) is 0 Å². The summed E-state index contributed by atoms with van der Waals surface area (Å²) in [5, 5.41) is 9.96. The summed E-state index contributed by atoms with van der Waals surface area (Å²) < 4.78 is 5.96. The summed E-state index contributed by atoms with van der Waals surface area (Å²) in [6.45, 7) is 13.1. The molecule has 15 heavy (non-hydrogen) atoms. The van der Waals surface area contributed by atoms with Gasteiger partial charge in [0.15, 0.2) is 0 Å². The Kier molecular flexibility index (Phi) is 3.52. The van der Waals surface area contributed by atoms with E-state index < -0.39 is 0 Å². The number of rotatable bonds is 1. The van der Waals surface area contributed by atoms with Crippen LogP contribution in [0.2, 0.25) is 0 Å². The predicted molar refractivity (Wildman–Crippen MR) is 62.8 cm³/mol. The maximum atomic E-state index is 9.96. The Bertz CT molecular complexity index is 210. The minimum atomic E-state index is -0.284. The van der Waals surface area contributed by atoms with Crippen molar-refractivity contribution in [2.75, 3.05) is 0 Å². The van der Waals surface area contributed by atoms with Gasteiger partial charge >= 0.3 is 0 Å². The van der Waals surface area contributed by atoms with Crippen molar-refractivity contribution in [2.45, 2.75) is 72.7 Å². The highest BCUT2D eigenvalue weighted by atomic mass is 16.5. The van der Waals surface area contributed by atoms with E-state index >= 15 is 0 Å². The molecular weight excluding hydrogens is 188 g/mol. The number of aliphatic hydroxyl groups excluding tert-OH is 1. The molecular formula is C13H26O2. The van der Waals surface area contributed by atoms with Crippen molar-refractivity contribution in [3.05, 3.63) is 0 Å². The van der Waals surface area contributed by atoms with E-state index in [1.165, 1.54) is 0 Å². The molecule has 1 fully saturated rings. The summed E-state index contributed by atoms with van der Waals surface area (Å²) in [5.41, 5.74) is 0.353. The molecule has 1 saturated heterocycles. The van der Waals surface area contributed by atoms with Gasteiger partial charge in [-0.25, -0.2) is 0 Å². The van der Waals surface area contributed by atoms with Crippen LogP contribution in [0.1, 0.15) is 54.4 Å². The zero-order chi connectivity index (χ0) is 11.9. The van der Waals surface area contributed by atoms with E-state index in [1.807, 2.05) is 0 Å². The summed E-state index contributed by atoms with van der Waals surface area (Å²) in [7, 11) is 0. The predicted octanol–water partition coefficient (Wildman–Crippen LogP) is 2.99. The first kappa shape index (κ1) is 13.0. The molecule has 0 saturated carbocycles. The van der Waals surface area contributed by atoms with E-state index in [1.54, 1.807) is 0 Å². The molecule has 1 heterocycles. The van der Waals surface area contributed by atoms with Crippen LogP contribution in [0.5, 0.6) is 0 Å². The van der Waals surface area contributed by atoms with Crippen LogP contribution < -0.4 is 0 Å². The smallest absolute Gasteiger partial charge is 0.0843 e. The van der Waals surface area contributed by atoms with Gasteiger partial charge in [-0.2, -0.15) is 0 Å². The van der Waals surface area contributed by atoms with Crippen molar-refractivity contribution >= 4 is 0 Å². The van der Waals surface area contributed by atoms with Gasteiger partial charge in [-0.05, 0) is 17.3 Å². The summed E-state index contributed by atoms with van der Waals surface area (Å²) in [5.74, 6) is 0. The van der Waals surface area contributed by atoms with Crippen molar-refractivity contribution in [3.63, 3.8) is 0 Å². The second-order valence-electron chi connectivity index (χ2n) is 7.10. The number of ether oxygens (including phenoxy) is 1. The Hall–Kier alpha value is -0.0800. The second-order valence-corrected chi connectivity index (χ2v) is 7.10. The maximum Gasteiger partial charge on any atom is 0.0843 e.